The highest BCUT2D eigenvalue weighted by Crippen LogP contribution is 2.35. The van der Waals surface area contributed by atoms with Crippen molar-refractivity contribution in [2.45, 2.75) is 26.7 Å². The molecule has 112 valence electrons. The lowest BCUT2D eigenvalue weighted by Gasteiger charge is -2.27. The van der Waals surface area contributed by atoms with Gasteiger partial charge in [0.05, 0.1) is 13.2 Å². The largest absolute Gasteiger partial charge is 0.465 e. The molecule has 0 saturated carbocycles. The van der Waals surface area contributed by atoms with Crippen LogP contribution in [-0.2, 0) is 19.1 Å². The van der Waals surface area contributed by atoms with Gasteiger partial charge < -0.3 is 9.47 Å². The number of carbonyl (C=O) groups excluding carboxylic acids is 2. The van der Waals surface area contributed by atoms with Crippen LogP contribution in [0.15, 0.2) is 35.9 Å². The summed E-state index contributed by atoms with van der Waals surface area (Å²) in [6, 6.07) is 0. The average molecular weight is 345 g/mol. The lowest BCUT2D eigenvalue weighted by atomic mass is 9.80. The molecule has 0 amide bonds. The Kier molecular flexibility index (Phi) is 8.88. The summed E-state index contributed by atoms with van der Waals surface area (Å²) in [5.41, 5.74) is -1.41. The minimum atomic E-state index is -1.41. The zero-order valence-electron chi connectivity index (χ0n) is 12.0. The smallest absolute Gasteiger partial charge is 0.324 e. The third-order valence-electron chi connectivity index (χ3n) is 2.56. The van der Waals surface area contributed by atoms with Crippen molar-refractivity contribution in [3.63, 3.8) is 0 Å². The maximum Gasteiger partial charge on any atom is 0.324 e. The van der Waals surface area contributed by atoms with E-state index in [1.165, 1.54) is 0 Å². The first kappa shape index (κ1) is 18.6. The van der Waals surface area contributed by atoms with Crippen LogP contribution in [0.2, 0.25) is 0 Å². The van der Waals surface area contributed by atoms with E-state index in [9.17, 15) is 9.59 Å². The molecule has 0 bridgehead atoms. The molecular weight excluding hydrogens is 324 g/mol. The molecule has 0 aliphatic rings. The van der Waals surface area contributed by atoms with Gasteiger partial charge in [-0.25, -0.2) is 0 Å². The van der Waals surface area contributed by atoms with Crippen LogP contribution < -0.4 is 0 Å². The Hall–Kier alpha value is -1.36. The molecular formula is C15H21BrO4. The van der Waals surface area contributed by atoms with Crippen LogP contribution in [0, 0.1) is 5.41 Å². The molecule has 0 spiro atoms. The monoisotopic (exact) mass is 344 g/mol. The van der Waals surface area contributed by atoms with Gasteiger partial charge in [0.1, 0.15) is 0 Å². The predicted octanol–water partition coefficient (Wildman–Crippen LogP) is 3.53. The van der Waals surface area contributed by atoms with Crippen LogP contribution in [0.3, 0.4) is 0 Å². The molecule has 0 N–H and O–H groups in total. The van der Waals surface area contributed by atoms with E-state index in [1.54, 1.807) is 32.1 Å². The van der Waals surface area contributed by atoms with Crippen molar-refractivity contribution < 1.29 is 19.1 Å². The number of allylic oxidation sites excluding steroid dienone is 4. The van der Waals surface area contributed by atoms with Gasteiger partial charge in [-0.1, -0.05) is 47.3 Å². The second-order valence-electron chi connectivity index (χ2n) is 4.09. The summed E-state index contributed by atoms with van der Waals surface area (Å²) in [6.45, 7) is 11.0. The summed E-state index contributed by atoms with van der Waals surface area (Å²) in [5, 5.41) is 0. The highest BCUT2D eigenvalue weighted by molar-refractivity contribution is 9.11. The quantitative estimate of drug-likeness (QED) is 0.364. The average Bonchev–Trinajstić information content (AvgIpc) is 2.37. The Morgan fingerprint density at radius 1 is 1.20 bits per heavy atom. The third kappa shape index (κ3) is 5.33. The van der Waals surface area contributed by atoms with E-state index in [2.05, 4.69) is 29.1 Å². The van der Waals surface area contributed by atoms with E-state index in [1.807, 2.05) is 0 Å². The van der Waals surface area contributed by atoms with Gasteiger partial charge in [0.2, 0.25) is 0 Å². The van der Waals surface area contributed by atoms with Gasteiger partial charge in [-0.15, -0.1) is 0 Å². The number of hydrogen-bond acceptors (Lipinski definition) is 4. The van der Waals surface area contributed by atoms with Gasteiger partial charge in [0.15, 0.2) is 5.41 Å². The molecule has 0 aromatic rings. The second kappa shape index (κ2) is 9.53. The van der Waals surface area contributed by atoms with Crippen molar-refractivity contribution in [1.29, 1.82) is 0 Å². The van der Waals surface area contributed by atoms with Gasteiger partial charge in [-0.3, -0.25) is 9.59 Å². The summed E-state index contributed by atoms with van der Waals surface area (Å²) in [5.74, 6) is -1.21. The Balaban J connectivity index is 5.53. The molecule has 20 heavy (non-hydrogen) atoms. The van der Waals surface area contributed by atoms with Crippen molar-refractivity contribution in [3.05, 3.63) is 35.9 Å². The number of esters is 2. The Labute approximate surface area is 128 Å². The van der Waals surface area contributed by atoms with Crippen LogP contribution in [0.1, 0.15) is 26.7 Å². The molecule has 4 nitrogen and oxygen atoms in total. The first-order valence-electron chi connectivity index (χ1n) is 6.39. The fourth-order valence-electron chi connectivity index (χ4n) is 1.70. The maximum atomic E-state index is 12.3. The summed E-state index contributed by atoms with van der Waals surface area (Å²) < 4.78 is 10.6. The second-order valence-corrected chi connectivity index (χ2v) is 5.21. The van der Waals surface area contributed by atoms with E-state index >= 15 is 0 Å². The number of ether oxygens (including phenoxy) is 2. The Bertz CT molecular complexity index is 381. The minimum Gasteiger partial charge on any atom is -0.465 e. The molecule has 0 aliphatic heterocycles. The van der Waals surface area contributed by atoms with Crippen molar-refractivity contribution in [1.82, 2.24) is 0 Å². The molecule has 0 aromatic heterocycles. The molecule has 0 radical (unpaired) electrons. The molecule has 0 aliphatic carbocycles. The molecule has 0 fully saturated rings. The summed E-state index contributed by atoms with van der Waals surface area (Å²) >= 11 is 3.20. The number of rotatable bonds is 9. The topological polar surface area (TPSA) is 52.6 Å². The predicted molar refractivity (Wildman–Crippen MR) is 82.3 cm³/mol. The Morgan fingerprint density at radius 2 is 1.70 bits per heavy atom. The standard InChI is InChI=1S/C15H21BrO4/c1-5-8-9-10-15(11-12(4)16,13(17)19-6-2)14(18)20-7-3/h5,8-9H,1,4,6-7,10-11H2,2-3H3/b9-8+. The zero-order chi connectivity index (χ0) is 15.6. The van der Waals surface area contributed by atoms with Crippen LogP contribution in [0.5, 0.6) is 0 Å². The van der Waals surface area contributed by atoms with Crippen LogP contribution in [-0.4, -0.2) is 25.2 Å². The zero-order valence-corrected chi connectivity index (χ0v) is 13.6. The van der Waals surface area contributed by atoms with Crippen LogP contribution >= 0.6 is 15.9 Å². The third-order valence-corrected chi connectivity index (χ3v) is 2.84. The summed E-state index contributed by atoms with van der Waals surface area (Å²) in [6.07, 6.45) is 5.22. The number of halogens is 1. The summed E-state index contributed by atoms with van der Waals surface area (Å²) in [4.78, 5) is 24.5. The van der Waals surface area contributed by atoms with E-state index in [4.69, 9.17) is 9.47 Å². The van der Waals surface area contributed by atoms with Gasteiger partial charge in [-0.2, -0.15) is 0 Å². The van der Waals surface area contributed by atoms with Crippen LogP contribution in [0.25, 0.3) is 0 Å². The molecule has 0 unspecified atom stereocenters. The van der Waals surface area contributed by atoms with Gasteiger partial charge in [0.25, 0.3) is 0 Å². The van der Waals surface area contributed by atoms with Gasteiger partial charge in [0, 0.05) is 6.42 Å². The first-order valence-corrected chi connectivity index (χ1v) is 7.19. The van der Waals surface area contributed by atoms with Crippen molar-refractivity contribution >= 4 is 27.9 Å². The normalized spacial score (nSPS) is 11.2. The van der Waals surface area contributed by atoms with E-state index in [0.717, 1.165) is 0 Å². The lowest BCUT2D eigenvalue weighted by Crippen LogP contribution is -2.42. The van der Waals surface area contributed by atoms with Gasteiger partial charge >= 0.3 is 11.9 Å². The fourth-order valence-corrected chi connectivity index (χ4v) is 2.18. The van der Waals surface area contributed by atoms with Crippen LogP contribution in [0.4, 0.5) is 0 Å². The van der Waals surface area contributed by atoms with E-state index in [-0.39, 0.29) is 26.1 Å². The van der Waals surface area contributed by atoms with Crippen molar-refractivity contribution in [2.24, 2.45) is 5.41 Å². The molecule has 5 heteroatoms. The molecule has 0 rings (SSSR count). The molecule has 0 heterocycles. The highest BCUT2D eigenvalue weighted by atomic mass is 79.9. The fraction of sp³-hybridized carbons (Fsp3) is 0.467. The molecule has 0 atom stereocenters. The van der Waals surface area contributed by atoms with Crippen molar-refractivity contribution in [2.75, 3.05) is 13.2 Å². The number of hydrogen-bond donors (Lipinski definition) is 0. The molecule has 0 saturated heterocycles. The summed E-state index contributed by atoms with van der Waals surface area (Å²) in [7, 11) is 0. The first-order chi connectivity index (χ1) is 9.44. The van der Waals surface area contributed by atoms with Gasteiger partial charge in [-0.05, 0) is 24.8 Å². The highest BCUT2D eigenvalue weighted by Gasteiger charge is 2.48. The maximum absolute atomic E-state index is 12.3. The SMILES string of the molecule is C=C/C=C/CC(CC(=C)Br)(C(=O)OCC)C(=O)OCC. The minimum absolute atomic E-state index is 0.117. The lowest BCUT2D eigenvalue weighted by molar-refractivity contribution is -0.171. The Morgan fingerprint density at radius 3 is 2.05 bits per heavy atom. The number of carbonyl (C=O) groups is 2. The van der Waals surface area contributed by atoms with E-state index < -0.39 is 17.4 Å². The van der Waals surface area contributed by atoms with Crippen molar-refractivity contribution in [3.8, 4) is 0 Å². The van der Waals surface area contributed by atoms with E-state index in [0.29, 0.717) is 4.48 Å². The molecule has 0 aromatic carbocycles.